The second-order valence-corrected chi connectivity index (χ2v) is 10.4. The highest BCUT2D eigenvalue weighted by molar-refractivity contribution is 6.62. The first-order valence-corrected chi connectivity index (χ1v) is 12.3. The zero-order valence-electron chi connectivity index (χ0n) is 20.7. The molecule has 1 saturated heterocycles. The lowest BCUT2D eigenvalue weighted by Crippen LogP contribution is -2.41. The molecule has 6 rings (SSSR count). The van der Waals surface area contributed by atoms with Gasteiger partial charge >= 0.3 is 7.12 Å². The molecule has 2 nitrogen and oxygen atoms in total. The van der Waals surface area contributed by atoms with Crippen LogP contribution in [0.5, 0.6) is 0 Å². The summed E-state index contributed by atoms with van der Waals surface area (Å²) in [6, 6.07) is 36.9. The summed E-state index contributed by atoms with van der Waals surface area (Å²) in [5, 5.41) is 5.07. The molecule has 0 saturated carbocycles. The molecule has 3 heteroatoms. The average molecular weight is 456 g/mol. The van der Waals surface area contributed by atoms with E-state index in [-0.39, 0.29) is 18.3 Å². The van der Waals surface area contributed by atoms with Gasteiger partial charge in [0, 0.05) is 0 Å². The molecule has 1 fully saturated rings. The van der Waals surface area contributed by atoms with Crippen LogP contribution in [0.1, 0.15) is 27.7 Å². The molecule has 0 radical (unpaired) electrons. The summed E-state index contributed by atoms with van der Waals surface area (Å²) in [5.41, 5.74) is 5.26. The second kappa shape index (κ2) is 8.08. The highest BCUT2D eigenvalue weighted by Gasteiger charge is 2.51. The summed E-state index contributed by atoms with van der Waals surface area (Å²) < 4.78 is 12.6. The van der Waals surface area contributed by atoms with Gasteiger partial charge in [-0.25, -0.2) is 0 Å². The third-order valence-corrected chi connectivity index (χ3v) is 7.72. The summed E-state index contributed by atoms with van der Waals surface area (Å²) in [4.78, 5) is 0. The first kappa shape index (κ1) is 22.1. The van der Waals surface area contributed by atoms with Crippen LogP contribution < -0.4 is 5.46 Å². The Bertz CT molecular complexity index is 1520. The van der Waals surface area contributed by atoms with Gasteiger partial charge in [0.2, 0.25) is 0 Å². The maximum atomic E-state index is 6.29. The number of hydrogen-bond acceptors (Lipinski definition) is 2. The minimum atomic E-state index is -0.365. The van der Waals surface area contributed by atoms with Gasteiger partial charge in [-0.05, 0) is 77.0 Å². The molecule has 0 unspecified atom stereocenters. The van der Waals surface area contributed by atoms with Gasteiger partial charge in [0.1, 0.15) is 0 Å². The normalized spacial score (nSPS) is 16.7. The van der Waals surface area contributed by atoms with Crippen LogP contribution in [-0.2, 0) is 9.31 Å². The molecular weight excluding hydrogens is 427 g/mol. The molecule has 0 spiro atoms. The third kappa shape index (κ3) is 3.58. The molecule has 0 N–H and O–H groups in total. The SMILES string of the molecule is CC1(C)OB(c2ccc(-c3c(-c4ccccc4)c4ccccc4c4ccccc34)cc2)OC1(C)C. The zero-order valence-corrected chi connectivity index (χ0v) is 20.7. The van der Waals surface area contributed by atoms with Crippen LogP contribution in [0.3, 0.4) is 0 Å². The number of hydrogen-bond donors (Lipinski definition) is 0. The van der Waals surface area contributed by atoms with Crippen LogP contribution in [0.15, 0.2) is 103 Å². The highest BCUT2D eigenvalue weighted by Crippen LogP contribution is 2.44. The summed E-state index contributed by atoms with van der Waals surface area (Å²) in [5.74, 6) is 0. The maximum absolute atomic E-state index is 6.29. The van der Waals surface area contributed by atoms with Crippen molar-refractivity contribution in [2.45, 2.75) is 38.9 Å². The van der Waals surface area contributed by atoms with Crippen molar-refractivity contribution in [2.75, 3.05) is 0 Å². The molecule has 0 aliphatic carbocycles. The Labute approximate surface area is 207 Å². The van der Waals surface area contributed by atoms with Crippen LogP contribution in [0, 0.1) is 0 Å². The summed E-state index contributed by atoms with van der Waals surface area (Å²) in [7, 11) is -0.365. The fourth-order valence-corrected chi connectivity index (χ4v) is 5.13. The molecule has 0 bridgehead atoms. The van der Waals surface area contributed by atoms with E-state index < -0.39 is 0 Å². The molecule has 0 aromatic heterocycles. The lowest BCUT2D eigenvalue weighted by atomic mass is 9.78. The number of rotatable bonds is 3. The van der Waals surface area contributed by atoms with Gasteiger partial charge in [0.25, 0.3) is 0 Å². The van der Waals surface area contributed by atoms with Crippen LogP contribution in [0.2, 0.25) is 0 Å². The first-order chi connectivity index (χ1) is 16.9. The largest absolute Gasteiger partial charge is 0.494 e. The predicted molar refractivity (Wildman–Crippen MR) is 148 cm³/mol. The minimum absolute atomic E-state index is 0.356. The minimum Gasteiger partial charge on any atom is -0.399 e. The topological polar surface area (TPSA) is 18.5 Å². The average Bonchev–Trinajstić information content (AvgIpc) is 3.10. The van der Waals surface area contributed by atoms with Crippen LogP contribution in [0.25, 0.3) is 43.8 Å². The summed E-state index contributed by atoms with van der Waals surface area (Å²) in [6.45, 7) is 8.37. The van der Waals surface area contributed by atoms with Crippen molar-refractivity contribution < 1.29 is 9.31 Å². The Morgan fingerprint density at radius 2 is 0.857 bits per heavy atom. The molecule has 5 aromatic rings. The van der Waals surface area contributed by atoms with E-state index in [1.165, 1.54) is 43.8 Å². The molecule has 172 valence electrons. The van der Waals surface area contributed by atoms with Gasteiger partial charge in [-0.1, -0.05) is 103 Å². The fourth-order valence-electron chi connectivity index (χ4n) is 5.13. The third-order valence-electron chi connectivity index (χ3n) is 7.72. The van der Waals surface area contributed by atoms with Gasteiger partial charge in [0.15, 0.2) is 0 Å². The Morgan fingerprint density at radius 1 is 0.457 bits per heavy atom. The quantitative estimate of drug-likeness (QED) is 0.205. The van der Waals surface area contributed by atoms with Crippen molar-refractivity contribution in [1.29, 1.82) is 0 Å². The Kier molecular flexibility index (Phi) is 5.10. The first-order valence-electron chi connectivity index (χ1n) is 12.3. The van der Waals surface area contributed by atoms with E-state index in [4.69, 9.17) is 9.31 Å². The van der Waals surface area contributed by atoms with E-state index in [0.29, 0.717) is 0 Å². The highest BCUT2D eigenvalue weighted by atomic mass is 16.7. The van der Waals surface area contributed by atoms with Gasteiger partial charge in [-0.3, -0.25) is 0 Å². The van der Waals surface area contributed by atoms with E-state index in [0.717, 1.165) is 5.46 Å². The lowest BCUT2D eigenvalue weighted by molar-refractivity contribution is 0.00578. The predicted octanol–water partition coefficient (Wildman–Crippen LogP) is 7.63. The van der Waals surface area contributed by atoms with Gasteiger partial charge in [-0.15, -0.1) is 0 Å². The van der Waals surface area contributed by atoms with Crippen molar-refractivity contribution in [3.8, 4) is 22.3 Å². The standard InChI is InChI=1S/C32H29BO2/c1-31(2)32(3,4)35-33(34-31)24-20-18-23(19-21-24)30-28-17-11-9-15-26(28)25-14-8-10-16-27(25)29(30)22-12-6-5-7-13-22/h5-21H,1-4H3. The van der Waals surface area contributed by atoms with Crippen molar-refractivity contribution in [2.24, 2.45) is 0 Å². The van der Waals surface area contributed by atoms with Crippen molar-refractivity contribution >= 4 is 34.1 Å². The van der Waals surface area contributed by atoms with Crippen molar-refractivity contribution in [3.63, 3.8) is 0 Å². The van der Waals surface area contributed by atoms with Crippen LogP contribution in [-0.4, -0.2) is 18.3 Å². The molecular formula is C32H29BO2. The van der Waals surface area contributed by atoms with Crippen LogP contribution in [0.4, 0.5) is 0 Å². The molecule has 35 heavy (non-hydrogen) atoms. The second-order valence-electron chi connectivity index (χ2n) is 10.4. The fraction of sp³-hybridized carbons (Fsp3) is 0.188. The van der Waals surface area contributed by atoms with Gasteiger partial charge < -0.3 is 9.31 Å². The Balaban J connectivity index is 1.57. The molecule has 5 aromatic carbocycles. The molecule has 1 heterocycles. The van der Waals surface area contributed by atoms with Crippen molar-refractivity contribution in [1.82, 2.24) is 0 Å². The molecule has 1 aliphatic heterocycles. The maximum Gasteiger partial charge on any atom is 0.494 e. The smallest absolute Gasteiger partial charge is 0.399 e. The van der Waals surface area contributed by atoms with E-state index in [2.05, 4.69) is 131 Å². The summed E-state index contributed by atoms with van der Waals surface area (Å²) in [6.07, 6.45) is 0. The van der Waals surface area contributed by atoms with E-state index in [1.54, 1.807) is 0 Å². The molecule has 0 atom stereocenters. The van der Waals surface area contributed by atoms with Gasteiger partial charge in [-0.2, -0.15) is 0 Å². The monoisotopic (exact) mass is 456 g/mol. The molecule has 0 amide bonds. The lowest BCUT2D eigenvalue weighted by Gasteiger charge is -2.32. The van der Waals surface area contributed by atoms with Crippen molar-refractivity contribution in [3.05, 3.63) is 103 Å². The number of benzene rings is 5. The van der Waals surface area contributed by atoms with Crippen LogP contribution >= 0.6 is 0 Å². The Hall–Kier alpha value is -3.40. The zero-order chi connectivity index (χ0) is 24.2. The van der Waals surface area contributed by atoms with E-state index in [1.807, 2.05) is 0 Å². The van der Waals surface area contributed by atoms with E-state index >= 15 is 0 Å². The summed E-state index contributed by atoms with van der Waals surface area (Å²) >= 11 is 0. The van der Waals surface area contributed by atoms with E-state index in [9.17, 15) is 0 Å². The van der Waals surface area contributed by atoms with Gasteiger partial charge in [0.05, 0.1) is 11.2 Å². The Morgan fingerprint density at radius 3 is 1.34 bits per heavy atom. The number of fused-ring (bicyclic) bond motifs is 3. The molecule has 1 aliphatic rings.